The van der Waals surface area contributed by atoms with Crippen molar-refractivity contribution in [3.05, 3.63) is 114 Å². The fourth-order valence-corrected chi connectivity index (χ4v) is 3.78. The van der Waals surface area contributed by atoms with Crippen molar-refractivity contribution >= 4 is 23.2 Å². The quantitative estimate of drug-likeness (QED) is 0.371. The van der Waals surface area contributed by atoms with E-state index >= 15 is 0 Å². The molecule has 0 aliphatic heterocycles. The highest BCUT2D eigenvalue weighted by molar-refractivity contribution is 6.11. The lowest BCUT2D eigenvalue weighted by molar-refractivity contribution is -0.117. The minimum absolute atomic E-state index is 0.0829. The van der Waals surface area contributed by atoms with Gasteiger partial charge < -0.3 is 10.1 Å². The van der Waals surface area contributed by atoms with Crippen molar-refractivity contribution in [3.8, 4) is 5.75 Å². The number of methoxy groups -OCH3 is 1. The number of hydrogen-bond donors (Lipinski definition) is 1. The van der Waals surface area contributed by atoms with Gasteiger partial charge in [-0.3, -0.25) is 19.5 Å². The minimum Gasteiger partial charge on any atom is -0.497 e. The Morgan fingerprint density at radius 1 is 1.03 bits per heavy atom. The Morgan fingerprint density at radius 2 is 1.78 bits per heavy atom. The van der Waals surface area contributed by atoms with Gasteiger partial charge in [0.1, 0.15) is 23.3 Å². The molecule has 4 aromatic rings. The molecule has 0 aliphatic rings. The molecule has 0 saturated carbocycles. The molecule has 1 unspecified atom stereocenters. The summed E-state index contributed by atoms with van der Waals surface area (Å²) in [5.74, 6) is -0.894. The first-order chi connectivity index (χ1) is 17.5. The molecule has 4 rings (SSSR count). The van der Waals surface area contributed by atoms with Crippen LogP contribution < -0.4 is 15.0 Å². The number of ether oxygens (including phenoxy) is 1. The molecule has 7 nitrogen and oxygen atoms in total. The average molecular weight is 485 g/mol. The predicted molar refractivity (Wildman–Crippen MR) is 135 cm³/mol. The van der Waals surface area contributed by atoms with Gasteiger partial charge in [0.05, 0.1) is 13.3 Å². The molecule has 8 heteroatoms. The van der Waals surface area contributed by atoms with Crippen molar-refractivity contribution in [2.75, 3.05) is 17.3 Å². The summed E-state index contributed by atoms with van der Waals surface area (Å²) in [4.78, 5) is 37.2. The molecule has 1 aromatic heterocycles. The summed E-state index contributed by atoms with van der Waals surface area (Å²) in [7, 11) is 1.53. The Kier molecular flexibility index (Phi) is 7.65. The number of rotatable bonds is 8. The van der Waals surface area contributed by atoms with E-state index < -0.39 is 23.7 Å². The van der Waals surface area contributed by atoms with Crippen LogP contribution >= 0.6 is 0 Å². The summed E-state index contributed by atoms with van der Waals surface area (Å²) in [6.45, 7) is 2.03. The Bertz CT molecular complexity index is 1330. The topological polar surface area (TPSA) is 84.4 Å². The van der Waals surface area contributed by atoms with Crippen molar-refractivity contribution in [1.82, 2.24) is 9.97 Å². The Balaban J connectivity index is 1.85. The maximum Gasteiger partial charge on any atom is 0.279 e. The summed E-state index contributed by atoms with van der Waals surface area (Å²) in [6, 6.07) is 18.7. The zero-order valence-electron chi connectivity index (χ0n) is 19.9. The lowest BCUT2D eigenvalue weighted by Crippen LogP contribution is -2.42. The highest BCUT2D eigenvalue weighted by atomic mass is 19.1. The second kappa shape index (κ2) is 11.2. The number of nitrogens with one attached hydrogen (secondary N) is 1. The van der Waals surface area contributed by atoms with Crippen LogP contribution in [0.4, 0.5) is 15.8 Å². The van der Waals surface area contributed by atoms with Crippen LogP contribution in [-0.4, -0.2) is 28.9 Å². The largest absolute Gasteiger partial charge is 0.497 e. The molecule has 0 aliphatic carbocycles. The summed E-state index contributed by atoms with van der Waals surface area (Å²) in [5.41, 5.74) is 2.58. The number of nitrogens with zero attached hydrogens (tertiary/aromatic N) is 3. The number of carbonyl (C=O) groups is 2. The third-order valence-corrected chi connectivity index (χ3v) is 5.65. The Labute approximate surface area is 208 Å². The highest BCUT2D eigenvalue weighted by Crippen LogP contribution is 2.32. The van der Waals surface area contributed by atoms with E-state index in [9.17, 15) is 14.0 Å². The highest BCUT2D eigenvalue weighted by Gasteiger charge is 2.34. The van der Waals surface area contributed by atoms with Crippen LogP contribution in [0.15, 0.2) is 91.4 Å². The maximum absolute atomic E-state index is 13.8. The van der Waals surface area contributed by atoms with Gasteiger partial charge in [-0.15, -0.1) is 0 Å². The van der Waals surface area contributed by atoms with Gasteiger partial charge in [-0.2, -0.15) is 0 Å². The molecule has 0 fully saturated rings. The molecule has 0 radical (unpaired) electrons. The average Bonchev–Trinajstić information content (AvgIpc) is 2.93. The molecule has 3 aromatic carbocycles. The van der Waals surface area contributed by atoms with E-state index in [0.717, 1.165) is 12.0 Å². The summed E-state index contributed by atoms with van der Waals surface area (Å²) in [6.07, 6.45) is 5.07. The van der Waals surface area contributed by atoms with Crippen LogP contribution in [0, 0.1) is 5.82 Å². The van der Waals surface area contributed by atoms with E-state index in [0.29, 0.717) is 22.7 Å². The number of hydrogen-bond acceptors (Lipinski definition) is 5. The summed E-state index contributed by atoms with van der Waals surface area (Å²) >= 11 is 0. The van der Waals surface area contributed by atoms with E-state index in [4.69, 9.17) is 4.74 Å². The molecule has 2 amide bonds. The van der Waals surface area contributed by atoms with Gasteiger partial charge in [-0.25, -0.2) is 9.37 Å². The molecule has 1 atom stereocenters. The number of aryl methyl sites for hydroxylation is 1. The van der Waals surface area contributed by atoms with Crippen LogP contribution in [0.5, 0.6) is 5.75 Å². The number of benzene rings is 3. The van der Waals surface area contributed by atoms with Gasteiger partial charge in [0.25, 0.3) is 11.8 Å². The summed E-state index contributed by atoms with van der Waals surface area (Å²) < 4.78 is 18.8. The fourth-order valence-electron chi connectivity index (χ4n) is 3.78. The van der Waals surface area contributed by atoms with Crippen molar-refractivity contribution in [1.29, 1.82) is 0 Å². The molecule has 182 valence electrons. The Morgan fingerprint density at radius 3 is 2.42 bits per heavy atom. The van der Waals surface area contributed by atoms with E-state index in [1.165, 1.54) is 54.9 Å². The van der Waals surface area contributed by atoms with Crippen LogP contribution in [0.1, 0.15) is 34.6 Å². The molecule has 1 heterocycles. The zero-order chi connectivity index (χ0) is 25.5. The monoisotopic (exact) mass is 484 g/mol. The van der Waals surface area contributed by atoms with Gasteiger partial charge in [0.2, 0.25) is 0 Å². The van der Waals surface area contributed by atoms with Gasteiger partial charge >= 0.3 is 0 Å². The molecular weight excluding hydrogens is 459 g/mol. The van der Waals surface area contributed by atoms with Gasteiger partial charge in [0, 0.05) is 23.8 Å². The zero-order valence-corrected chi connectivity index (χ0v) is 19.9. The third-order valence-electron chi connectivity index (χ3n) is 5.65. The molecular formula is C28H25FN4O3. The van der Waals surface area contributed by atoms with Crippen molar-refractivity contribution in [2.24, 2.45) is 0 Å². The van der Waals surface area contributed by atoms with E-state index in [1.54, 1.807) is 36.4 Å². The van der Waals surface area contributed by atoms with E-state index in [1.807, 2.05) is 19.1 Å². The molecule has 0 saturated heterocycles. The normalized spacial score (nSPS) is 11.4. The SMILES string of the molecule is CCc1ccc(N(C(=O)c2cnccn2)C(C(=O)Nc2ccc(F)cc2)c2cccc(OC)c2)cc1. The molecule has 1 N–H and O–H groups in total. The first-order valence-corrected chi connectivity index (χ1v) is 11.4. The minimum atomic E-state index is -1.10. The van der Waals surface area contributed by atoms with Gasteiger partial charge in [-0.05, 0) is 66.1 Å². The van der Waals surface area contributed by atoms with Crippen LogP contribution in [0.3, 0.4) is 0 Å². The number of halogens is 1. The van der Waals surface area contributed by atoms with Crippen LogP contribution in [0.25, 0.3) is 0 Å². The van der Waals surface area contributed by atoms with Crippen molar-refractivity contribution in [2.45, 2.75) is 19.4 Å². The second-order valence-electron chi connectivity index (χ2n) is 7.96. The smallest absolute Gasteiger partial charge is 0.279 e. The van der Waals surface area contributed by atoms with Crippen molar-refractivity contribution < 1.29 is 18.7 Å². The van der Waals surface area contributed by atoms with E-state index in [-0.39, 0.29) is 5.69 Å². The lowest BCUT2D eigenvalue weighted by Gasteiger charge is -2.31. The van der Waals surface area contributed by atoms with Gasteiger partial charge in [-0.1, -0.05) is 31.2 Å². The molecule has 36 heavy (non-hydrogen) atoms. The first-order valence-electron chi connectivity index (χ1n) is 11.4. The fraction of sp³-hybridized carbons (Fsp3) is 0.143. The number of amides is 2. The number of aromatic nitrogens is 2. The van der Waals surface area contributed by atoms with E-state index in [2.05, 4.69) is 15.3 Å². The summed E-state index contributed by atoms with van der Waals surface area (Å²) in [5, 5.41) is 2.81. The Hall–Kier alpha value is -4.59. The standard InChI is InChI=1S/C28H25FN4O3/c1-3-19-7-13-23(14-8-19)33(28(35)25-18-30-15-16-31-25)26(20-5-4-6-24(17-20)36-2)27(34)32-22-11-9-21(29)10-12-22/h4-18,26H,3H2,1-2H3,(H,32,34). The lowest BCUT2D eigenvalue weighted by atomic mass is 10.0. The second-order valence-corrected chi connectivity index (χ2v) is 7.96. The number of anilines is 2. The van der Waals surface area contributed by atoms with Crippen molar-refractivity contribution in [3.63, 3.8) is 0 Å². The predicted octanol–water partition coefficient (Wildman–Crippen LogP) is 5.21. The maximum atomic E-state index is 13.8. The number of carbonyl (C=O) groups excluding carboxylic acids is 2. The van der Waals surface area contributed by atoms with Crippen LogP contribution in [0.2, 0.25) is 0 Å². The molecule has 0 spiro atoms. The molecule has 0 bridgehead atoms. The van der Waals surface area contributed by atoms with Crippen LogP contribution in [-0.2, 0) is 11.2 Å². The third kappa shape index (κ3) is 5.55. The van der Waals surface area contributed by atoms with Gasteiger partial charge in [0.15, 0.2) is 0 Å². The first kappa shape index (κ1) is 24.5.